The molecule has 0 aromatic heterocycles. The van der Waals surface area contributed by atoms with E-state index in [4.69, 9.17) is 14.2 Å². The molecular weight excluding hydrogens is 240 g/mol. The Balaban J connectivity index is 2.71. The molecule has 18 heavy (non-hydrogen) atoms. The van der Waals surface area contributed by atoms with Crippen molar-refractivity contribution in [3.8, 4) is 0 Å². The van der Waals surface area contributed by atoms with Crippen molar-refractivity contribution < 1.29 is 28.9 Å². The molecule has 1 heterocycles. The molecule has 1 N–H and O–H groups in total. The molecule has 0 amide bonds. The van der Waals surface area contributed by atoms with Crippen LogP contribution in [0, 0.1) is 6.42 Å². The van der Waals surface area contributed by atoms with Gasteiger partial charge in [0.1, 0.15) is 6.10 Å². The molecule has 6 heteroatoms. The van der Waals surface area contributed by atoms with E-state index in [-0.39, 0.29) is 18.9 Å². The predicted octanol–water partition coefficient (Wildman–Crippen LogP) is 0.571. The monoisotopic (exact) mass is 259 g/mol. The molecule has 1 fully saturated rings. The summed E-state index contributed by atoms with van der Waals surface area (Å²) in [5.41, 5.74) is 0. The summed E-state index contributed by atoms with van der Waals surface area (Å²) >= 11 is 0. The molecule has 0 aromatic rings. The van der Waals surface area contributed by atoms with Gasteiger partial charge in [-0.3, -0.25) is 9.59 Å². The van der Waals surface area contributed by atoms with Crippen LogP contribution in [-0.2, 0) is 23.8 Å². The fourth-order valence-corrected chi connectivity index (χ4v) is 1.58. The lowest BCUT2D eigenvalue weighted by atomic mass is 10.0. The van der Waals surface area contributed by atoms with Crippen molar-refractivity contribution in [2.75, 3.05) is 0 Å². The molecule has 103 valence electrons. The van der Waals surface area contributed by atoms with Crippen LogP contribution < -0.4 is 0 Å². The van der Waals surface area contributed by atoms with Crippen LogP contribution in [0.1, 0.15) is 33.6 Å². The van der Waals surface area contributed by atoms with Gasteiger partial charge in [-0.05, 0) is 6.92 Å². The maximum Gasteiger partial charge on any atom is 0.306 e. The van der Waals surface area contributed by atoms with Crippen LogP contribution in [0.4, 0.5) is 0 Å². The molecule has 1 unspecified atom stereocenters. The Labute approximate surface area is 106 Å². The first-order valence-electron chi connectivity index (χ1n) is 6.05. The zero-order valence-corrected chi connectivity index (χ0v) is 10.8. The molecule has 6 nitrogen and oxygen atoms in total. The first-order chi connectivity index (χ1) is 8.47. The highest BCUT2D eigenvalue weighted by Crippen LogP contribution is 2.23. The van der Waals surface area contributed by atoms with Crippen LogP contribution >= 0.6 is 0 Å². The highest BCUT2D eigenvalue weighted by molar-refractivity contribution is 5.70. The van der Waals surface area contributed by atoms with Crippen LogP contribution in [0.2, 0.25) is 0 Å². The average molecular weight is 259 g/mol. The zero-order valence-electron chi connectivity index (χ0n) is 10.8. The van der Waals surface area contributed by atoms with Crippen LogP contribution in [0.15, 0.2) is 0 Å². The lowest BCUT2D eigenvalue weighted by Crippen LogP contribution is -2.51. The first kappa shape index (κ1) is 14.9. The summed E-state index contributed by atoms with van der Waals surface area (Å²) in [4.78, 5) is 22.6. The first-order valence-corrected chi connectivity index (χ1v) is 6.05. The van der Waals surface area contributed by atoms with E-state index in [1.165, 1.54) is 0 Å². The van der Waals surface area contributed by atoms with E-state index in [9.17, 15) is 14.7 Å². The normalized spacial score (nSPS) is 31.8. The average Bonchev–Trinajstić information content (AvgIpc) is 2.32. The summed E-state index contributed by atoms with van der Waals surface area (Å²) in [7, 11) is 0. The number of aliphatic hydroxyl groups excluding tert-OH is 1. The van der Waals surface area contributed by atoms with Crippen molar-refractivity contribution in [2.24, 2.45) is 0 Å². The van der Waals surface area contributed by atoms with E-state index in [0.717, 1.165) is 0 Å². The molecule has 1 aliphatic rings. The molecule has 0 aromatic carbocycles. The van der Waals surface area contributed by atoms with Crippen molar-refractivity contribution in [1.82, 2.24) is 0 Å². The summed E-state index contributed by atoms with van der Waals surface area (Å²) in [5, 5.41) is 9.73. The van der Waals surface area contributed by atoms with Gasteiger partial charge < -0.3 is 19.3 Å². The largest absolute Gasteiger partial charge is 0.458 e. The van der Waals surface area contributed by atoms with E-state index in [1.54, 1.807) is 27.2 Å². The van der Waals surface area contributed by atoms with Crippen LogP contribution in [0.5, 0.6) is 0 Å². The minimum absolute atomic E-state index is 0.174. The van der Waals surface area contributed by atoms with Gasteiger partial charge in [-0.25, -0.2) is 0 Å². The maximum atomic E-state index is 11.3. The fraction of sp³-hybridized carbons (Fsp3) is 0.750. The van der Waals surface area contributed by atoms with E-state index >= 15 is 0 Å². The molecule has 1 aliphatic heterocycles. The van der Waals surface area contributed by atoms with E-state index in [0.29, 0.717) is 0 Å². The molecule has 0 bridgehead atoms. The summed E-state index contributed by atoms with van der Waals surface area (Å²) in [6.07, 6.45) is -1.50. The minimum Gasteiger partial charge on any atom is -0.458 e. The van der Waals surface area contributed by atoms with Gasteiger partial charge in [0, 0.05) is 19.3 Å². The Kier molecular flexibility index (Phi) is 5.55. The SMILES string of the molecule is CCC(=O)O[C@@H]1C(O)O[C@@H](C)[CH][C@H]1OC(=O)CC. The van der Waals surface area contributed by atoms with Crippen molar-refractivity contribution in [3.05, 3.63) is 6.42 Å². The van der Waals surface area contributed by atoms with Crippen molar-refractivity contribution in [3.63, 3.8) is 0 Å². The fourth-order valence-electron chi connectivity index (χ4n) is 1.58. The van der Waals surface area contributed by atoms with Crippen LogP contribution in [0.25, 0.3) is 0 Å². The third kappa shape index (κ3) is 3.96. The predicted molar refractivity (Wildman–Crippen MR) is 61.2 cm³/mol. The highest BCUT2D eigenvalue weighted by atomic mass is 16.7. The molecule has 0 aliphatic carbocycles. The Morgan fingerprint density at radius 2 is 1.78 bits per heavy atom. The second-order valence-electron chi connectivity index (χ2n) is 4.04. The molecule has 4 atom stereocenters. The second-order valence-corrected chi connectivity index (χ2v) is 4.04. The maximum absolute atomic E-state index is 11.3. The van der Waals surface area contributed by atoms with Gasteiger partial charge in [-0.1, -0.05) is 13.8 Å². The molecule has 0 spiro atoms. The lowest BCUT2D eigenvalue weighted by Gasteiger charge is -2.36. The third-order valence-corrected chi connectivity index (χ3v) is 2.53. The van der Waals surface area contributed by atoms with Crippen molar-refractivity contribution in [1.29, 1.82) is 0 Å². The minimum atomic E-state index is -1.30. The quantitative estimate of drug-likeness (QED) is 0.743. The summed E-state index contributed by atoms with van der Waals surface area (Å²) in [5.74, 6) is -0.904. The number of ether oxygens (including phenoxy) is 3. The number of rotatable bonds is 4. The number of esters is 2. The van der Waals surface area contributed by atoms with Gasteiger partial charge in [-0.15, -0.1) is 0 Å². The number of carbonyl (C=O) groups is 2. The Morgan fingerprint density at radius 3 is 2.33 bits per heavy atom. The Hall–Kier alpha value is -1.14. The zero-order chi connectivity index (χ0) is 13.7. The van der Waals surface area contributed by atoms with E-state index in [1.807, 2.05) is 0 Å². The topological polar surface area (TPSA) is 82.1 Å². The molecule has 0 saturated carbocycles. The van der Waals surface area contributed by atoms with E-state index in [2.05, 4.69) is 0 Å². The molecular formula is C12H19O6. The third-order valence-electron chi connectivity index (χ3n) is 2.53. The Morgan fingerprint density at radius 1 is 1.22 bits per heavy atom. The van der Waals surface area contributed by atoms with Crippen LogP contribution in [0.3, 0.4) is 0 Å². The van der Waals surface area contributed by atoms with Gasteiger partial charge in [0.25, 0.3) is 0 Å². The summed E-state index contributed by atoms with van der Waals surface area (Å²) < 4.78 is 15.3. The summed E-state index contributed by atoms with van der Waals surface area (Å²) in [6.45, 7) is 5.00. The van der Waals surface area contributed by atoms with Crippen LogP contribution in [-0.4, -0.2) is 41.6 Å². The highest BCUT2D eigenvalue weighted by Gasteiger charge is 2.41. The molecule has 1 saturated heterocycles. The number of hydrogen-bond donors (Lipinski definition) is 1. The standard InChI is InChI=1S/C12H19O6/c1-4-9(13)17-8-6-7(3)16-12(15)11(8)18-10(14)5-2/h6-8,11-12,15H,4-5H2,1-3H3/t7-,8+,11-,12?/m0/s1. The number of hydrogen-bond acceptors (Lipinski definition) is 6. The van der Waals surface area contributed by atoms with Gasteiger partial charge in [0.15, 0.2) is 12.4 Å². The number of aliphatic hydroxyl groups is 1. The number of carbonyl (C=O) groups excluding carboxylic acids is 2. The van der Waals surface area contributed by atoms with Crippen molar-refractivity contribution in [2.45, 2.75) is 58.2 Å². The van der Waals surface area contributed by atoms with Gasteiger partial charge in [-0.2, -0.15) is 0 Å². The smallest absolute Gasteiger partial charge is 0.306 e. The van der Waals surface area contributed by atoms with E-state index < -0.39 is 30.4 Å². The van der Waals surface area contributed by atoms with Gasteiger partial charge in [0.2, 0.25) is 0 Å². The Bertz CT molecular complexity index is 303. The molecule has 1 radical (unpaired) electrons. The second kappa shape index (κ2) is 6.70. The molecule has 1 rings (SSSR count). The van der Waals surface area contributed by atoms with Gasteiger partial charge in [0.05, 0.1) is 6.10 Å². The summed E-state index contributed by atoms with van der Waals surface area (Å²) in [6, 6.07) is 0. The van der Waals surface area contributed by atoms with Crippen molar-refractivity contribution >= 4 is 11.9 Å². The van der Waals surface area contributed by atoms with Gasteiger partial charge >= 0.3 is 11.9 Å². The lowest BCUT2D eigenvalue weighted by molar-refractivity contribution is -0.240.